The van der Waals surface area contributed by atoms with E-state index in [1.165, 1.54) is 6.07 Å². The van der Waals surface area contributed by atoms with Crippen LogP contribution in [-0.4, -0.2) is 51.0 Å². The fraction of sp³-hybridized carbons (Fsp3) is 0.364. The Labute approximate surface area is 194 Å². The van der Waals surface area contributed by atoms with E-state index in [9.17, 15) is 9.59 Å². The first kappa shape index (κ1) is 17.5. The second-order valence-electron chi connectivity index (χ2n) is 8.27. The third kappa shape index (κ3) is 3.55. The number of rotatable bonds is 5. The summed E-state index contributed by atoms with van der Waals surface area (Å²) in [5.41, 5.74) is 3.96. The standard InChI is InChI=1S/C22H25N9O2/c1-11-19-12(2)30(4)20-14(6-5-7-16(20)31(19)29-26-11)24-15-10-17(25-21(32)13-8-9-13)27-28-18(15)22(33)23-3/h5-7,10,12-13H,8-9H2,1-4H3,(H,23,33)(H2,24,25,27,32)/t12-/m1/s1/i3D3. The van der Waals surface area contributed by atoms with Crippen LogP contribution < -0.4 is 20.9 Å². The molecule has 1 atom stereocenters. The first-order chi connectivity index (χ1) is 17.0. The molecule has 1 aliphatic heterocycles. The van der Waals surface area contributed by atoms with Crippen molar-refractivity contribution in [2.75, 3.05) is 29.6 Å². The molecule has 1 aliphatic carbocycles. The van der Waals surface area contributed by atoms with Crippen molar-refractivity contribution in [1.29, 1.82) is 0 Å². The van der Waals surface area contributed by atoms with Gasteiger partial charge in [0, 0.05) is 30.1 Å². The van der Waals surface area contributed by atoms with Crippen LogP contribution in [0.2, 0.25) is 0 Å². The van der Waals surface area contributed by atoms with Crippen LogP contribution >= 0.6 is 0 Å². The molecule has 11 heteroatoms. The number of fused-ring (bicyclic) bond motifs is 3. The second kappa shape index (κ2) is 7.84. The van der Waals surface area contributed by atoms with Crippen molar-refractivity contribution in [2.45, 2.75) is 32.7 Å². The van der Waals surface area contributed by atoms with E-state index < -0.39 is 12.9 Å². The Balaban J connectivity index is 1.57. The monoisotopic (exact) mass is 450 g/mol. The Morgan fingerprint density at radius 1 is 1.18 bits per heavy atom. The molecule has 0 unspecified atom stereocenters. The van der Waals surface area contributed by atoms with Crippen LogP contribution in [-0.2, 0) is 4.79 Å². The molecule has 0 saturated heterocycles. The molecule has 1 aromatic carbocycles. The summed E-state index contributed by atoms with van der Waals surface area (Å²) in [6.45, 7) is 1.24. The van der Waals surface area contributed by atoms with Gasteiger partial charge in [0.2, 0.25) is 5.91 Å². The number of nitrogens with zero attached hydrogens (tertiary/aromatic N) is 6. The molecule has 3 aromatic rings. The summed E-state index contributed by atoms with van der Waals surface area (Å²) in [4.78, 5) is 27.1. The van der Waals surface area contributed by atoms with Crippen molar-refractivity contribution in [3.05, 3.63) is 41.3 Å². The van der Waals surface area contributed by atoms with Gasteiger partial charge in [0.1, 0.15) is 0 Å². The lowest BCUT2D eigenvalue weighted by molar-refractivity contribution is -0.117. The molecule has 11 nitrogen and oxygen atoms in total. The highest BCUT2D eigenvalue weighted by atomic mass is 16.2. The second-order valence-corrected chi connectivity index (χ2v) is 8.27. The smallest absolute Gasteiger partial charge is 0.273 e. The minimum absolute atomic E-state index is 0.0438. The van der Waals surface area contributed by atoms with Gasteiger partial charge in [0.15, 0.2) is 11.5 Å². The van der Waals surface area contributed by atoms with Gasteiger partial charge in [-0.1, -0.05) is 11.3 Å². The summed E-state index contributed by atoms with van der Waals surface area (Å²) in [7, 11) is 1.94. The van der Waals surface area contributed by atoms with Crippen molar-refractivity contribution < 1.29 is 13.7 Å². The fourth-order valence-electron chi connectivity index (χ4n) is 4.07. The van der Waals surface area contributed by atoms with Gasteiger partial charge >= 0.3 is 0 Å². The summed E-state index contributed by atoms with van der Waals surface area (Å²) < 4.78 is 24.0. The van der Waals surface area contributed by atoms with Crippen molar-refractivity contribution in [1.82, 2.24) is 30.5 Å². The fourth-order valence-corrected chi connectivity index (χ4v) is 4.07. The predicted octanol–water partition coefficient (Wildman–Crippen LogP) is 2.33. The summed E-state index contributed by atoms with van der Waals surface area (Å²) in [6, 6.07) is 6.99. The zero-order chi connectivity index (χ0) is 25.8. The first-order valence-corrected chi connectivity index (χ1v) is 10.6. The van der Waals surface area contributed by atoms with Crippen LogP contribution in [0.15, 0.2) is 24.3 Å². The number of anilines is 4. The molecule has 5 rings (SSSR count). The zero-order valence-corrected chi connectivity index (χ0v) is 18.4. The van der Waals surface area contributed by atoms with Gasteiger partial charge in [-0.05, 0) is 38.8 Å². The molecule has 2 aromatic heterocycles. The molecule has 2 amide bonds. The van der Waals surface area contributed by atoms with E-state index >= 15 is 0 Å². The van der Waals surface area contributed by atoms with E-state index in [-0.39, 0.29) is 35.1 Å². The predicted molar refractivity (Wildman–Crippen MR) is 123 cm³/mol. The summed E-state index contributed by atoms with van der Waals surface area (Å²) in [5, 5.41) is 24.3. The van der Waals surface area contributed by atoms with E-state index in [2.05, 4.69) is 36.0 Å². The maximum absolute atomic E-state index is 12.8. The molecule has 3 N–H and O–H groups in total. The zero-order valence-electron chi connectivity index (χ0n) is 21.4. The van der Waals surface area contributed by atoms with Gasteiger partial charge in [-0.3, -0.25) is 9.59 Å². The van der Waals surface area contributed by atoms with Gasteiger partial charge in [-0.15, -0.1) is 15.3 Å². The quantitative estimate of drug-likeness (QED) is 0.540. The lowest BCUT2D eigenvalue weighted by Crippen LogP contribution is -2.31. The largest absolute Gasteiger partial charge is 0.363 e. The Hall–Kier alpha value is -4.02. The van der Waals surface area contributed by atoms with E-state index in [1.54, 1.807) is 4.68 Å². The van der Waals surface area contributed by atoms with Gasteiger partial charge in [-0.25, -0.2) is 4.68 Å². The first-order valence-electron chi connectivity index (χ1n) is 12.1. The maximum Gasteiger partial charge on any atom is 0.273 e. The summed E-state index contributed by atoms with van der Waals surface area (Å²) in [6.07, 6.45) is 1.63. The molecular weight excluding hydrogens is 422 g/mol. The number of benzene rings is 1. The van der Waals surface area contributed by atoms with Crippen molar-refractivity contribution in [2.24, 2.45) is 5.92 Å². The normalized spacial score (nSPS) is 18.3. The maximum atomic E-state index is 12.8. The molecular formula is C22H25N9O2. The molecule has 0 radical (unpaired) electrons. The minimum atomic E-state index is -2.71. The van der Waals surface area contributed by atoms with Gasteiger partial charge < -0.3 is 20.9 Å². The minimum Gasteiger partial charge on any atom is -0.363 e. The van der Waals surface area contributed by atoms with Crippen LogP contribution in [0.3, 0.4) is 0 Å². The summed E-state index contributed by atoms with van der Waals surface area (Å²) in [5.74, 6) is -1.00. The third-order valence-corrected chi connectivity index (χ3v) is 6.05. The Kier molecular flexibility index (Phi) is 4.16. The average Bonchev–Trinajstić information content (AvgIpc) is 3.58. The van der Waals surface area contributed by atoms with Gasteiger partial charge in [-0.2, -0.15) is 0 Å². The molecule has 1 fully saturated rings. The number of para-hydroxylation sites is 1. The van der Waals surface area contributed by atoms with Crippen molar-refractivity contribution >= 4 is 34.7 Å². The Morgan fingerprint density at radius 3 is 2.76 bits per heavy atom. The van der Waals surface area contributed by atoms with E-state index in [4.69, 9.17) is 4.11 Å². The van der Waals surface area contributed by atoms with Crippen LogP contribution in [0.4, 0.5) is 22.9 Å². The highest BCUT2D eigenvalue weighted by molar-refractivity contribution is 6.00. The number of amides is 2. The number of hydrogen-bond acceptors (Lipinski definition) is 8. The van der Waals surface area contributed by atoms with Gasteiger partial charge in [0.25, 0.3) is 5.91 Å². The molecule has 3 heterocycles. The number of hydrogen-bond donors (Lipinski definition) is 3. The SMILES string of the molecule is [2H]C([2H])([2H])NC(=O)c1nnc(NC(=O)C2CC2)cc1Nc1cccc2c1N(C)[C@H](C)c1c(C)nnn1-2. The van der Waals surface area contributed by atoms with E-state index in [1.807, 2.05) is 44.4 Å². The van der Waals surface area contributed by atoms with Crippen LogP contribution in [0.1, 0.15) is 51.8 Å². The van der Waals surface area contributed by atoms with Gasteiger partial charge in [0.05, 0.1) is 40.2 Å². The molecule has 170 valence electrons. The molecule has 33 heavy (non-hydrogen) atoms. The lowest BCUT2D eigenvalue weighted by Gasteiger charge is -2.35. The number of aryl methyl sites for hydroxylation is 1. The Morgan fingerprint density at radius 2 is 2.00 bits per heavy atom. The van der Waals surface area contributed by atoms with Crippen molar-refractivity contribution in [3.8, 4) is 5.69 Å². The number of carbonyl (C=O) groups is 2. The number of aromatic nitrogens is 5. The number of nitrogens with one attached hydrogen (secondary N) is 3. The number of carbonyl (C=O) groups excluding carboxylic acids is 2. The van der Waals surface area contributed by atoms with E-state index in [0.29, 0.717) is 5.69 Å². The third-order valence-electron chi connectivity index (χ3n) is 6.05. The Bertz CT molecular complexity index is 1370. The summed E-state index contributed by atoms with van der Waals surface area (Å²) >= 11 is 0. The van der Waals surface area contributed by atoms with Crippen molar-refractivity contribution in [3.63, 3.8) is 0 Å². The molecule has 1 saturated carbocycles. The average molecular weight is 451 g/mol. The molecule has 2 aliphatic rings. The highest BCUT2D eigenvalue weighted by Crippen LogP contribution is 2.43. The lowest BCUT2D eigenvalue weighted by atomic mass is 10.1. The molecule has 0 spiro atoms. The topological polar surface area (TPSA) is 130 Å². The highest BCUT2D eigenvalue weighted by Gasteiger charge is 2.32. The van der Waals surface area contributed by atoms with E-state index in [0.717, 1.165) is 35.6 Å². The molecule has 0 bridgehead atoms. The van der Waals surface area contributed by atoms with Crippen LogP contribution in [0.25, 0.3) is 5.69 Å². The van der Waals surface area contributed by atoms with Crippen LogP contribution in [0.5, 0.6) is 0 Å². The van der Waals surface area contributed by atoms with Crippen LogP contribution in [0, 0.1) is 12.8 Å².